The fourth-order valence-corrected chi connectivity index (χ4v) is 0.708. The van der Waals surface area contributed by atoms with Crippen molar-refractivity contribution in [2.24, 2.45) is 5.84 Å². The predicted octanol–water partition coefficient (Wildman–Crippen LogP) is 0.759. The van der Waals surface area contributed by atoms with E-state index in [0.717, 1.165) is 0 Å². The molecule has 0 fully saturated rings. The summed E-state index contributed by atoms with van der Waals surface area (Å²) >= 11 is 0. The van der Waals surface area contributed by atoms with Crippen molar-refractivity contribution in [3.8, 4) is 12.3 Å². The summed E-state index contributed by atoms with van der Waals surface area (Å²) in [5.74, 6) is 3.09. The van der Waals surface area contributed by atoms with Crippen LogP contribution >= 0.6 is 0 Å². The molecule has 0 amide bonds. The van der Waals surface area contributed by atoms with Crippen molar-refractivity contribution in [1.82, 2.24) is 5.43 Å². The van der Waals surface area contributed by atoms with Crippen LogP contribution in [-0.2, 0) is 4.74 Å². The SMILES string of the molecule is C#CCC(COCC(F)(F)C(F)F)NN. The van der Waals surface area contributed by atoms with E-state index in [-0.39, 0.29) is 13.0 Å². The summed E-state index contributed by atoms with van der Waals surface area (Å²) < 4.78 is 52.4. The molecule has 7 heteroatoms. The Hall–Kier alpha value is -0.840. The molecule has 0 aromatic rings. The summed E-state index contributed by atoms with van der Waals surface area (Å²) in [4.78, 5) is 0. The van der Waals surface area contributed by atoms with Crippen LogP contribution in [0.25, 0.3) is 0 Å². The first kappa shape index (κ1) is 14.2. The fourth-order valence-electron chi connectivity index (χ4n) is 0.708. The highest BCUT2D eigenvalue weighted by Crippen LogP contribution is 2.22. The van der Waals surface area contributed by atoms with Gasteiger partial charge in [0.1, 0.15) is 6.61 Å². The molecule has 0 heterocycles. The van der Waals surface area contributed by atoms with Gasteiger partial charge in [-0.1, -0.05) is 0 Å². The number of nitrogens with one attached hydrogen (secondary N) is 1. The van der Waals surface area contributed by atoms with Crippen LogP contribution in [0, 0.1) is 12.3 Å². The molecule has 0 saturated carbocycles. The Morgan fingerprint density at radius 2 is 2.07 bits per heavy atom. The van der Waals surface area contributed by atoms with Crippen LogP contribution in [0.3, 0.4) is 0 Å². The van der Waals surface area contributed by atoms with E-state index in [0.29, 0.717) is 0 Å². The summed E-state index contributed by atoms with van der Waals surface area (Å²) in [6, 6.07) is -0.525. The highest BCUT2D eigenvalue weighted by atomic mass is 19.3. The Balaban J connectivity index is 3.82. The molecule has 15 heavy (non-hydrogen) atoms. The lowest BCUT2D eigenvalue weighted by molar-refractivity contribution is -0.167. The van der Waals surface area contributed by atoms with E-state index in [1.54, 1.807) is 0 Å². The minimum Gasteiger partial charge on any atom is -0.373 e. The lowest BCUT2D eigenvalue weighted by atomic mass is 10.2. The zero-order chi connectivity index (χ0) is 11.9. The second-order valence-electron chi connectivity index (χ2n) is 2.85. The van der Waals surface area contributed by atoms with Gasteiger partial charge in [-0.15, -0.1) is 12.3 Å². The molecule has 0 spiro atoms. The van der Waals surface area contributed by atoms with Crippen molar-refractivity contribution in [3.05, 3.63) is 0 Å². The molecule has 0 saturated heterocycles. The molecule has 0 rings (SSSR count). The van der Waals surface area contributed by atoms with Gasteiger partial charge >= 0.3 is 12.3 Å². The van der Waals surface area contributed by atoms with E-state index in [2.05, 4.69) is 16.1 Å². The van der Waals surface area contributed by atoms with Crippen LogP contribution in [-0.4, -0.2) is 31.6 Å². The summed E-state index contributed by atoms with van der Waals surface area (Å²) in [5, 5.41) is 0. The number of hydrogen-bond donors (Lipinski definition) is 2. The van der Waals surface area contributed by atoms with Crippen LogP contribution in [0.15, 0.2) is 0 Å². The van der Waals surface area contributed by atoms with Crippen LogP contribution in [0.4, 0.5) is 17.6 Å². The topological polar surface area (TPSA) is 47.3 Å². The minimum atomic E-state index is -4.14. The summed E-state index contributed by atoms with van der Waals surface area (Å²) in [6.07, 6.45) is 1.36. The Morgan fingerprint density at radius 1 is 1.47 bits per heavy atom. The van der Waals surface area contributed by atoms with Crippen molar-refractivity contribution in [1.29, 1.82) is 0 Å². The second-order valence-corrected chi connectivity index (χ2v) is 2.85. The van der Waals surface area contributed by atoms with E-state index in [1.807, 2.05) is 0 Å². The number of terminal acetylenes is 1. The number of nitrogens with two attached hydrogens (primary N) is 1. The van der Waals surface area contributed by atoms with E-state index >= 15 is 0 Å². The van der Waals surface area contributed by atoms with Crippen molar-refractivity contribution >= 4 is 0 Å². The zero-order valence-corrected chi connectivity index (χ0v) is 7.85. The molecule has 0 aliphatic heterocycles. The maximum Gasteiger partial charge on any atom is 0.330 e. The standard InChI is InChI=1S/C8H12F4N2O/c1-2-3-6(14-13)4-15-5-8(11,12)7(9)10/h1,6-7,14H,3-5,13H2. The Kier molecular flexibility index (Phi) is 6.24. The smallest absolute Gasteiger partial charge is 0.330 e. The van der Waals surface area contributed by atoms with Crippen molar-refractivity contribution in [2.75, 3.05) is 13.2 Å². The Morgan fingerprint density at radius 3 is 2.47 bits per heavy atom. The van der Waals surface area contributed by atoms with Crippen molar-refractivity contribution in [2.45, 2.75) is 24.8 Å². The summed E-state index contributed by atoms with van der Waals surface area (Å²) in [5.41, 5.74) is 2.22. The third kappa shape index (κ3) is 5.57. The average Bonchev–Trinajstić information content (AvgIpc) is 2.16. The highest BCUT2D eigenvalue weighted by molar-refractivity contribution is 4.89. The van der Waals surface area contributed by atoms with E-state index in [4.69, 9.17) is 12.3 Å². The molecule has 3 nitrogen and oxygen atoms in total. The molecular weight excluding hydrogens is 216 g/mol. The molecule has 0 aliphatic rings. The first-order valence-corrected chi connectivity index (χ1v) is 4.07. The van der Waals surface area contributed by atoms with E-state index < -0.39 is 25.0 Å². The minimum absolute atomic E-state index is 0.163. The van der Waals surface area contributed by atoms with Gasteiger partial charge in [-0.2, -0.15) is 8.78 Å². The summed E-state index contributed by atoms with van der Waals surface area (Å²) in [6.45, 7) is -1.60. The fraction of sp³-hybridized carbons (Fsp3) is 0.750. The van der Waals surface area contributed by atoms with Gasteiger partial charge in [0.2, 0.25) is 0 Å². The van der Waals surface area contributed by atoms with Gasteiger partial charge in [0, 0.05) is 6.42 Å². The first-order chi connectivity index (χ1) is 6.94. The lowest BCUT2D eigenvalue weighted by Gasteiger charge is -2.18. The first-order valence-electron chi connectivity index (χ1n) is 4.07. The number of rotatable bonds is 7. The maximum atomic E-state index is 12.3. The molecule has 88 valence electrons. The largest absolute Gasteiger partial charge is 0.373 e. The van der Waals surface area contributed by atoms with Gasteiger partial charge in [-0.05, 0) is 0 Å². The average molecular weight is 228 g/mol. The molecule has 0 radical (unpaired) electrons. The maximum absolute atomic E-state index is 12.3. The molecule has 0 aliphatic carbocycles. The van der Waals surface area contributed by atoms with Crippen molar-refractivity contribution < 1.29 is 22.3 Å². The van der Waals surface area contributed by atoms with E-state index in [9.17, 15) is 17.6 Å². The number of alkyl halides is 4. The molecule has 0 bridgehead atoms. The second kappa shape index (κ2) is 6.61. The van der Waals surface area contributed by atoms with Gasteiger partial charge in [-0.3, -0.25) is 11.3 Å². The van der Waals surface area contributed by atoms with Crippen molar-refractivity contribution in [3.63, 3.8) is 0 Å². The van der Waals surface area contributed by atoms with Crippen LogP contribution < -0.4 is 11.3 Å². The number of ether oxygens (including phenoxy) is 1. The molecule has 1 unspecified atom stereocenters. The summed E-state index contributed by atoms with van der Waals surface area (Å²) in [7, 11) is 0. The molecule has 3 N–H and O–H groups in total. The predicted molar refractivity (Wildman–Crippen MR) is 46.3 cm³/mol. The third-order valence-corrected chi connectivity index (χ3v) is 1.53. The van der Waals surface area contributed by atoms with Gasteiger partial charge in [0.25, 0.3) is 0 Å². The number of hydrazine groups is 1. The number of halogens is 4. The molecule has 1 atom stereocenters. The normalized spacial score (nSPS) is 13.9. The van der Waals surface area contributed by atoms with Gasteiger partial charge < -0.3 is 4.74 Å². The van der Waals surface area contributed by atoms with Crippen LogP contribution in [0.2, 0.25) is 0 Å². The lowest BCUT2D eigenvalue weighted by Crippen LogP contribution is -2.40. The molecule has 0 aromatic heterocycles. The van der Waals surface area contributed by atoms with Crippen LogP contribution in [0.5, 0.6) is 0 Å². The Bertz CT molecular complexity index is 217. The molecular formula is C8H12F4N2O. The Labute approximate surface area is 84.9 Å². The monoisotopic (exact) mass is 228 g/mol. The van der Waals surface area contributed by atoms with Gasteiger partial charge in [0.05, 0.1) is 12.6 Å². The highest BCUT2D eigenvalue weighted by Gasteiger charge is 2.41. The van der Waals surface area contributed by atoms with Gasteiger partial charge in [0.15, 0.2) is 0 Å². The molecule has 0 aromatic carbocycles. The van der Waals surface area contributed by atoms with Gasteiger partial charge in [-0.25, -0.2) is 8.78 Å². The van der Waals surface area contributed by atoms with Crippen LogP contribution in [0.1, 0.15) is 6.42 Å². The number of hydrogen-bond acceptors (Lipinski definition) is 3. The quantitative estimate of drug-likeness (QED) is 0.293. The van der Waals surface area contributed by atoms with E-state index in [1.165, 1.54) is 0 Å². The zero-order valence-electron chi connectivity index (χ0n) is 7.85. The third-order valence-electron chi connectivity index (χ3n) is 1.53.